The molecule has 0 bridgehead atoms. The molecule has 184 valence electrons. The highest BCUT2D eigenvalue weighted by Crippen LogP contribution is 2.59. The summed E-state index contributed by atoms with van der Waals surface area (Å²) >= 11 is 6.17. The maximum Gasteiger partial charge on any atom is 0.321 e. The van der Waals surface area contributed by atoms with E-state index in [1.165, 1.54) is 0 Å². The number of benzene rings is 2. The number of piperidine rings is 1. The molecule has 2 aromatic rings. The van der Waals surface area contributed by atoms with Gasteiger partial charge in [0, 0.05) is 43.5 Å². The molecule has 1 atom stereocenters. The lowest BCUT2D eigenvalue weighted by Crippen LogP contribution is -2.41. The molecule has 2 heterocycles. The van der Waals surface area contributed by atoms with Gasteiger partial charge in [-0.1, -0.05) is 23.7 Å². The highest BCUT2D eigenvalue weighted by Gasteiger charge is 2.58. The Labute approximate surface area is 209 Å². The van der Waals surface area contributed by atoms with Gasteiger partial charge in [-0.2, -0.15) is 0 Å². The van der Waals surface area contributed by atoms with Crippen molar-refractivity contribution in [1.82, 2.24) is 10.2 Å². The zero-order valence-electron chi connectivity index (χ0n) is 19.7. The van der Waals surface area contributed by atoms with Crippen molar-refractivity contribution in [1.29, 1.82) is 0 Å². The zero-order valence-corrected chi connectivity index (χ0v) is 20.4. The molecule has 1 saturated carbocycles. The van der Waals surface area contributed by atoms with Crippen LogP contribution in [0.1, 0.15) is 24.8 Å². The van der Waals surface area contributed by atoms with Crippen LogP contribution in [0.4, 0.5) is 16.2 Å². The summed E-state index contributed by atoms with van der Waals surface area (Å²) in [7, 11) is 1.55. The van der Waals surface area contributed by atoms with Gasteiger partial charge in [-0.25, -0.2) is 4.79 Å². The summed E-state index contributed by atoms with van der Waals surface area (Å²) in [4.78, 5) is 41.1. The second kappa shape index (κ2) is 9.41. The molecule has 4 amide bonds. The van der Waals surface area contributed by atoms with Gasteiger partial charge in [0.25, 0.3) is 0 Å². The van der Waals surface area contributed by atoms with Crippen molar-refractivity contribution in [3.8, 4) is 5.75 Å². The van der Waals surface area contributed by atoms with Crippen LogP contribution in [0, 0.1) is 11.3 Å². The lowest BCUT2D eigenvalue weighted by Gasteiger charge is -2.33. The number of ether oxygens (including phenoxy) is 1. The number of carbonyl (C=O) groups excluding carboxylic acids is 3. The second-order valence-corrected chi connectivity index (χ2v) is 9.97. The Morgan fingerprint density at radius 1 is 1.14 bits per heavy atom. The summed E-state index contributed by atoms with van der Waals surface area (Å²) in [6, 6.07) is 12.7. The first-order chi connectivity index (χ1) is 16.9. The summed E-state index contributed by atoms with van der Waals surface area (Å²) in [6.07, 6.45) is 2.87. The number of anilines is 2. The molecule has 2 saturated heterocycles. The fourth-order valence-electron chi connectivity index (χ4n) is 5.24. The average Bonchev–Trinajstić information content (AvgIpc) is 3.38. The molecule has 5 rings (SSSR count). The van der Waals surface area contributed by atoms with Crippen molar-refractivity contribution in [3.63, 3.8) is 0 Å². The van der Waals surface area contributed by atoms with Crippen LogP contribution in [0.5, 0.6) is 5.75 Å². The number of urea groups is 1. The van der Waals surface area contributed by atoms with Crippen molar-refractivity contribution >= 4 is 40.8 Å². The number of halogens is 1. The van der Waals surface area contributed by atoms with Gasteiger partial charge < -0.3 is 20.3 Å². The van der Waals surface area contributed by atoms with Crippen molar-refractivity contribution in [2.75, 3.05) is 43.5 Å². The van der Waals surface area contributed by atoms with Crippen LogP contribution in [-0.2, 0) is 16.0 Å². The van der Waals surface area contributed by atoms with E-state index in [2.05, 4.69) is 10.6 Å². The summed E-state index contributed by atoms with van der Waals surface area (Å²) in [5.74, 6) is 0.648. The maximum absolute atomic E-state index is 12.9. The van der Waals surface area contributed by atoms with E-state index in [1.54, 1.807) is 30.2 Å². The predicted molar refractivity (Wildman–Crippen MR) is 134 cm³/mol. The molecule has 2 N–H and O–H groups in total. The first-order valence-corrected chi connectivity index (χ1v) is 12.3. The van der Waals surface area contributed by atoms with Crippen LogP contribution in [0.15, 0.2) is 42.5 Å². The minimum atomic E-state index is -0.0871. The number of likely N-dealkylation sites (tertiary alicyclic amines) is 1. The van der Waals surface area contributed by atoms with Crippen molar-refractivity contribution in [2.45, 2.75) is 25.7 Å². The molecule has 1 spiro atoms. The SMILES string of the molecule is COc1ccc(NC(=O)C2CC23CCN(C(=O)Cc2ccc(N4CCNC4=O)cc2)CC3)cc1Cl. The van der Waals surface area contributed by atoms with Gasteiger partial charge in [0.1, 0.15) is 5.75 Å². The summed E-state index contributed by atoms with van der Waals surface area (Å²) in [6.45, 7) is 2.64. The third-order valence-electron chi connectivity index (χ3n) is 7.50. The molecule has 0 radical (unpaired) electrons. The summed E-state index contributed by atoms with van der Waals surface area (Å²) < 4.78 is 5.16. The number of amides is 4. The van der Waals surface area contributed by atoms with Crippen molar-refractivity contribution in [3.05, 3.63) is 53.1 Å². The number of methoxy groups -OCH3 is 1. The van der Waals surface area contributed by atoms with Gasteiger partial charge in [0.2, 0.25) is 11.8 Å². The highest BCUT2D eigenvalue weighted by molar-refractivity contribution is 6.32. The van der Waals surface area contributed by atoms with Crippen LogP contribution in [0.3, 0.4) is 0 Å². The van der Waals surface area contributed by atoms with E-state index in [1.807, 2.05) is 29.2 Å². The van der Waals surface area contributed by atoms with Gasteiger partial charge in [-0.15, -0.1) is 0 Å². The van der Waals surface area contributed by atoms with Gasteiger partial charge in [0.15, 0.2) is 0 Å². The van der Waals surface area contributed by atoms with Crippen LogP contribution >= 0.6 is 11.6 Å². The molecule has 1 aliphatic carbocycles. The first-order valence-electron chi connectivity index (χ1n) is 11.9. The van der Waals surface area contributed by atoms with Crippen LogP contribution in [0.25, 0.3) is 0 Å². The summed E-state index contributed by atoms with van der Waals surface area (Å²) in [5.41, 5.74) is 2.42. The number of hydrogen-bond acceptors (Lipinski definition) is 4. The molecule has 35 heavy (non-hydrogen) atoms. The molecule has 8 nitrogen and oxygen atoms in total. The number of carbonyl (C=O) groups is 3. The quantitative estimate of drug-likeness (QED) is 0.638. The molecule has 2 aromatic carbocycles. The molecule has 1 unspecified atom stereocenters. The van der Waals surface area contributed by atoms with E-state index in [-0.39, 0.29) is 29.2 Å². The lowest BCUT2D eigenvalue weighted by atomic mass is 9.90. The van der Waals surface area contributed by atoms with Crippen molar-refractivity contribution in [2.24, 2.45) is 11.3 Å². The summed E-state index contributed by atoms with van der Waals surface area (Å²) in [5, 5.41) is 6.22. The molecule has 3 fully saturated rings. The Kier molecular flexibility index (Phi) is 6.32. The average molecular weight is 497 g/mol. The lowest BCUT2D eigenvalue weighted by molar-refractivity contribution is -0.132. The Balaban J connectivity index is 1.11. The van der Waals surface area contributed by atoms with E-state index in [4.69, 9.17) is 16.3 Å². The van der Waals surface area contributed by atoms with Gasteiger partial charge >= 0.3 is 6.03 Å². The van der Waals surface area contributed by atoms with Gasteiger partial charge in [-0.05, 0) is 60.6 Å². The third-order valence-corrected chi connectivity index (χ3v) is 7.79. The van der Waals surface area contributed by atoms with Gasteiger partial charge in [0.05, 0.1) is 18.6 Å². The monoisotopic (exact) mass is 496 g/mol. The van der Waals surface area contributed by atoms with E-state index in [0.29, 0.717) is 49.1 Å². The first kappa shape index (κ1) is 23.5. The van der Waals surface area contributed by atoms with Crippen LogP contribution < -0.4 is 20.3 Å². The molecular formula is C26H29ClN4O4. The number of rotatable bonds is 6. The molecule has 2 aliphatic heterocycles. The van der Waals surface area contributed by atoms with E-state index in [0.717, 1.165) is 30.5 Å². The fraction of sp³-hybridized carbons (Fsp3) is 0.423. The van der Waals surface area contributed by atoms with Crippen LogP contribution in [-0.4, -0.2) is 56.0 Å². The Morgan fingerprint density at radius 3 is 2.51 bits per heavy atom. The Hall–Kier alpha value is -3.26. The number of hydrogen-bond donors (Lipinski definition) is 2. The number of nitrogens with zero attached hydrogens (tertiary/aromatic N) is 2. The third kappa shape index (κ3) is 4.80. The smallest absolute Gasteiger partial charge is 0.321 e. The largest absolute Gasteiger partial charge is 0.495 e. The fourth-order valence-corrected chi connectivity index (χ4v) is 5.50. The molecular weight excluding hydrogens is 468 g/mol. The Morgan fingerprint density at radius 2 is 1.89 bits per heavy atom. The Bertz CT molecular complexity index is 1140. The second-order valence-electron chi connectivity index (χ2n) is 9.57. The van der Waals surface area contributed by atoms with E-state index in [9.17, 15) is 14.4 Å². The zero-order chi connectivity index (χ0) is 24.6. The topological polar surface area (TPSA) is 91.0 Å². The molecule has 9 heteroatoms. The minimum Gasteiger partial charge on any atom is -0.495 e. The maximum atomic E-state index is 12.9. The van der Waals surface area contributed by atoms with Crippen molar-refractivity contribution < 1.29 is 19.1 Å². The molecule has 0 aromatic heterocycles. The predicted octanol–water partition coefficient (Wildman–Crippen LogP) is 3.69. The molecule has 3 aliphatic rings. The highest BCUT2D eigenvalue weighted by atomic mass is 35.5. The van der Waals surface area contributed by atoms with Gasteiger partial charge in [-0.3, -0.25) is 14.5 Å². The normalized spacial score (nSPS) is 20.5. The minimum absolute atomic E-state index is 0.00488. The number of nitrogens with one attached hydrogen (secondary N) is 2. The van der Waals surface area contributed by atoms with Crippen LogP contribution in [0.2, 0.25) is 5.02 Å². The standard InChI is InChI=1S/C26H29ClN4O4/c1-35-22-7-4-18(15-21(22)27)29-24(33)20-16-26(20)8-11-30(12-9-26)23(32)14-17-2-5-19(6-3-17)31-13-10-28-25(31)34/h2-7,15,20H,8-14,16H2,1H3,(H,28,34)(H,29,33). The van der Waals surface area contributed by atoms with E-state index < -0.39 is 0 Å². The van der Waals surface area contributed by atoms with E-state index >= 15 is 0 Å².